The van der Waals surface area contributed by atoms with Crippen LogP contribution in [-0.2, 0) is 14.4 Å². The second-order valence-corrected chi connectivity index (χ2v) is 12.0. The van der Waals surface area contributed by atoms with Gasteiger partial charge in [0.1, 0.15) is 0 Å². The summed E-state index contributed by atoms with van der Waals surface area (Å²) in [7, 11) is 0. The van der Waals surface area contributed by atoms with Gasteiger partial charge in [-0.3, -0.25) is 19.7 Å². The van der Waals surface area contributed by atoms with Crippen molar-refractivity contribution < 1.29 is 28.9 Å². The van der Waals surface area contributed by atoms with Gasteiger partial charge in [-0.25, -0.2) is 4.79 Å². The lowest BCUT2D eigenvalue weighted by molar-refractivity contribution is -0.384. The molecule has 0 bridgehead atoms. The number of anilines is 1. The Balaban J connectivity index is 0.00000128. The maximum absolute atomic E-state index is 13.4. The van der Waals surface area contributed by atoms with E-state index in [1.54, 1.807) is 43.3 Å². The van der Waals surface area contributed by atoms with Crippen LogP contribution in [-0.4, -0.2) is 54.5 Å². The quantitative estimate of drug-likeness (QED) is 0.0411. The summed E-state index contributed by atoms with van der Waals surface area (Å²) in [6.45, 7) is 9.88. The van der Waals surface area contributed by atoms with Gasteiger partial charge in [-0.15, -0.1) is 0 Å². The molecule has 0 spiro atoms. The fraction of sp³-hybridized carbons (Fsp3) is 0.211. The Morgan fingerprint density at radius 2 is 1.37 bits per heavy atom. The summed E-state index contributed by atoms with van der Waals surface area (Å²) in [5.41, 5.74) is 2.83. The Labute approximate surface area is 289 Å². The van der Waals surface area contributed by atoms with Crippen LogP contribution in [0.2, 0.25) is 0 Å². The van der Waals surface area contributed by atoms with Crippen molar-refractivity contribution in [2.24, 2.45) is 5.16 Å². The van der Waals surface area contributed by atoms with Crippen molar-refractivity contribution in [3.8, 4) is 0 Å². The highest BCUT2D eigenvalue weighted by Gasteiger charge is 2.22. The minimum Gasteiger partial charge on any atom is -0.378 e. The summed E-state index contributed by atoms with van der Waals surface area (Å²) in [4.78, 5) is 57.5. The highest BCUT2D eigenvalue weighted by molar-refractivity contribution is 7.99. The number of ether oxygens (including phenoxy) is 1. The van der Waals surface area contributed by atoms with E-state index in [1.807, 2.05) is 62.4 Å². The van der Waals surface area contributed by atoms with Gasteiger partial charge in [-0.1, -0.05) is 35.1 Å². The lowest BCUT2D eigenvalue weighted by atomic mass is 9.97. The summed E-state index contributed by atoms with van der Waals surface area (Å²) in [5.74, 6) is -1.35. The summed E-state index contributed by atoms with van der Waals surface area (Å²) in [6.07, 6.45) is 4.00. The molecule has 11 heteroatoms. The zero-order valence-electron chi connectivity index (χ0n) is 27.8. The van der Waals surface area contributed by atoms with E-state index in [2.05, 4.69) is 10.1 Å². The lowest BCUT2D eigenvalue weighted by Crippen LogP contribution is -2.36. The van der Waals surface area contributed by atoms with Gasteiger partial charge in [0.2, 0.25) is 5.78 Å². The number of nitro benzene ring substituents is 1. The lowest BCUT2D eigenvalue weighted by Gasteiger charge is -2.28. The van der Waals surface area contributed by atoms with Crippen LogP contribution < -0.4 is 4.90 Å². The average Bonchev–Trinajstić information content (AvgIpc) is 3.13. The number of allylic oxidation sites excluding steroid dienone is 2. The van der Waals surface area contributed by atoms with Crippen LogP contribution in [0.25, 0.3) is 0 Å². The Morgan fingerprint density at radius 3 is 1.88 bits per heavy atom. The predicted molar refractivity (Wildman–Crippen MR) is 191 cm³/mol. The van der Waals surface area contributed by atoms with Crippen molar-refractivity contribution in [3.63, 3.8) is 0 Å². The summed E-state index contributed by atoms with van der Waals surface area (Å²) in [5, 5.41) is 15.1. The number of benzene rings is 4. The predicted octanol–water partition coefficient (Wildman–Crippen LogP) is 7.85. The zero-order valence-corrected chi connectivity index (χ0v) is 28.6. The Hall–Kier alpha value is -5.39. The molecule has 10 nitrogen and oxygen atoms in total. The first-order chi connectivity index (χ1) is 23.6. The molecule has 1 aliphatic heterocycles. The van der Waals surface area contributed by atoms with Crippen molar-refractivity contribution in [1.82, 2.24) is 0 Å². The molecule has 0 aromatic heterocycles. The molecule has 0 amide bonds. The van der Waals surface area contributed by atoms with Crippen LogP contribution in [0.3, 0.4) is 0 Å². The van der Waals surface area contributed by atoms with Crippen LogP contribution in [0.5, 0.6) is 0 Å². The fourth-order valence-corrected chi connectivity index (χ4v) is 5.55. The van der Waals surface area contributed by atoms with Gasteiger partial charge in [0, 0.05) is 69.9 Å². The number of morpholine rings is 1. The molecular weight excluding hydrogens is 642 g/mol. The number of oxime groups is 1. The van der Waals surface area contributed by atoms with Gasteiger partial charge in [-0.2, -0.15) is 0 Å². The number of rotatable bonds is 10. The standard InChI is InChI=1S/C34H29N3O7S.C4H8/c1-22-3-10-28(37(41)42)21-31(22)32(35-44-23(2)38)34(40)26-8-15-30(16-9-26)45-29-13-6-25(7-14-29)33(39)24-4-11-27(12-5-24)36-17-19-43-20-18-36;1-3-4-2/h3-16,21H,17-20H2,1-2H3;3-4H,1-2H3/b35-32-;4-3-. The largest absolute Gasteiger partial charge is 0.378 e. The first-order valence-corrected chi connectivity index (χ1v) is 16.4. The molecule has 0 atom stereocenters. The van der Waals surface area contributed by atoms with Crippen LogP contribution in [0.15, 0.2) is 118 Å². The van der Waals surface area contributed by atoms with Crippen molar-refractivity contribution in [2.45, 2.75) is 37.5 Å². The molecule has 252 valence electrons. The molecule has 49 heavy (non-hydrogen) atoms. The van der Waals surface area contributed by atoms with Crippen molar-refractivity contribution >= 4 is 46.4 Å². The number of carbonyl (C=O) groups excluding carboxylic acids is 3. The number of aryl methyl sites for hydroxylation is 1. The Morgan fingerprint density at radius 1 is 0.837 bits per heavy atom. The maximum atomic E-state index is 13.4. The van der Waals surface area contributed by atoms with Gasteiger partial charge in [0.15, 0.2) is 11.5 Å². The fourth-order valence-electron chi connectivity index (χ4n) is 4.73. The Kier molecular flexibility index (Phi) is 13.1. The van der Waals surface area contributed by atoms with Gasteiger partial charge in [0.05, 0.1) is 18.1 Å². The monoisotopic (exact) mass is 679 g/mol. The van der Waals surface area contributed by atoms with E-state index >= 15 is 0 Å². The minimum atomic E-state index is -0.732. The van der Waals surface area contributed by atoms with Crippen molar-refractivity contribution in [3.05, 3.63) is 141 Å². The highest BCUT2D eigenvalue weighted by Crippen LogP contribution is 2.29. The van der Waals surface area contributed by atoms with E-state index in [4.69, 9.17) is 9.57 Å². The number of hydrogen-bond acceptors (Lipinski definition) is 10. The van der Waals surface area contributed by atoms with Crippen LogP contribution in [0.4, 0.5) is 11.4 Å². The first-order valence-electron chi connectivity index (χ1n) is 15.6. The third-order valence-corrected chi connectivity index (χ3v) is 8.49. The maximum Gasteiger partial charge on any atom is 0.332 e. The topological polar surface area (TPSA) is 128 Å². The van der Waals surface area contributed by atoms with E-state index in [-0.39, 0.29) is 28.3 Å². The third kappa shape index (κ3) is 10.1. The number of hydrogen-bond donors (Lipinski definition) is 0. The van der Waals surface area contributed by atoms with E-state index in [9.17, 15) is 24.5 Å². The second kappa shape index (κ2) is 17.7. The second-order valence-electron chi connectivity index (χ2n) is 10.9. The van der Waals surface area contributed by atoms with Gasteiger partial charge in [-0.05, 0) is 99.1 Å². The van der Waals surface area contributed by atoms with Crippen LogP contribution >= 0.6 is 11.8 Å². The molecule has 0 aliphatic carbocycles. The number of carbonyl (C=O) groups is 3. The molecule has 0 N–H and O–H groups in total. The highest BCUT2D eigenvalue weighted by atomic mass is 32.2. The van der Waals surface area contributed by atoms with Gasteiger partial charge >= 0.3 is 5.97 Å². The number of ketones is 2. The molecule has 1 fully saturated rings. The van der Waals surface area contributed by atoms with Crippen molar-refractivity contribution in [1.29, 1.82) is 0 Å². The molecule has 5 rings (SSSR count). The molecule has 1 aliphatic rings. The number of Topliss-reactive ketones (excluding diaryl/α,β-unsaturated/α-hetero) is 1. The van der Waals surface area contributed by atoms with Crippen molar-refractivity contribution in [2.75, 3.05) is 31.2 Å². The molecular formula is C38H37N3O7S. The number of nitrogens with zero attached hydrogens (tertiary/aromatic N) is 3. The Bertz CT molecular complexity index is 1840. The summed E-state index contributed by atoms with van der Waals surface area (Å²) in [6, 6.07) is 25.7. The average molecular weight is 680 g/mol. The van der Waals surface area contributed by atoms with E-state index < -0.39 is 16.7 Å². The van der Waals surface area contributed by atoms with E-state index in [0.717, 1.165) is 35.5 Å². The SMILES string of the molecule is C/C=C\C.CC(=O)O/N=C(\C(=O)c1ccc(Sc2ccc(C(=O)c3ccc(N4CCOCC4)cc3)cc2)cc1)c1cc([N+](=O)[O-])ccc1C. The molecule has 1 saturated heterocycles. The molecule has 4 aromatic carbocycles. The smallest absolute Gasteiger partial charge is 0.332 e. The summed E-state index contributed by atoms with van der Waals surface area (Å²) < 4.78 is 5.41. The molecule has 1 heterocycles. The van der Waals surface area contributed by atoms with Crippen LogP contribution in [0.1, 0.15) is 58.2 Å². The third-order valence-electron chi connectivity index (χ3n) is 7.48. The molecule has 0 saturated carbocycles. The molecule has 4 aromatic rings. The minimum absolute atomic E-state index is 0.0619. The van der Waals surface area contributed by atoms with Gasteiger partial charge < -0.3 is 14.5 Å². The summed E-state index contributed by atoms with van der Waals surface area (Å²) >= 11 is 1.46. The van der Waals surface area contributed by atoms with Crippen LogP contribution in [0, 0.1) is 17.0 Å². The van der Waals surface area contributed by atoms with E-state index in [1.165, 1.54) is 30.0 Å². The molecule has 0 unspecified atom stereocenters. The number of non-ortho nitro benzene ring substituents is 1. The van der Waals surface area contributed by atoms with E-state index in [0.29, 0.717) is 29.9 Å². The number of nitro groups is 1. The zero-order chi connectivity index (χ0) is 35.3. The normalized spacial score (nSPS) is 13.0. The first kappa shape index (κ1) is 36.4. The molecule has 0 radical (unpaired) electrons. The van der Waals surface area contributed by atoms with Gasteiger partial charge in [0.25, 0.3) is 5.69 Å².